The maximum atomic E-state index is 6.37. The molecule has 4 saturated carbocycles. The van der Waals surface area contributed by atoms with Gasteiger partial charge in [0.05, 0.1) is 5.69 Å². The van der Waals surface area contributed by atoms with Gasteiger partial charge in [0.2, 0.25) is 0 Å². The first kappa shape index (κ1) is 28.4. The topological polar surface area (TPSA) is 16.4 Å². The molecule has 1 aromatic heterocycles. The smallest absolute Gasteiger partial charge is 0.135 e. The second-order valence-electron chi connectivity index (χ2n) is 18.4. The lowest BCUT2D eigenvalue weighted by Crippen LogP contribution is -2.73. The highest BCUT2D eigenvalue weighted by Gasteiger charge is 2.84. The second-order valence-corrected chi connectivity index (χ2v) is 18.4. The minimum Gasteiger partial charge on any atom is -0.456 e. The van der Waals surface area contributed by atoms with Gasteiger partial charge in [0.1, 0.15) is 11.2 Å². The van der Waals surface area contributed by atoms with E-state index in [2.05, 4.69) is 136 Å². The van der Waals surface area contributed by atoms with Crippen molar-refractivity contribution in [3.8, 4) is 11.1 Å². The molecule has 0 saturated heterocycles. The zero-order valence-electron chi connectivity index (χ0n) is 29.7. The van der Waals surface area contributed by atoms with E-state index in [1.54, 1.807) is 11.1 Å². The molecule has 2 heteroatoms. The van der Waals surface area contributed by atoms with E-state index >= 15 is 0 Å². The van der Waals surface area contributed by atoms with Crippen molar-refractivity contribution >= 4 is 39.0 Å². The number of hydrogen-bond acceptors (Lipinski definition) is 2. The summed E-state index contributed by atoms with van der Waals surface area (Å²) in [5.74, 6) is 3.40. The lowest BCUT2D eigenvalue weighted by molar-refractivity contribution is -0.231. The standard InChI is InChI=1S/C48H45NO/c1-45(2)20-21-46(3,4)38-26-31(16-18-37(38)45)49(30-17-19-41-35(25-30)33-11-6-8-15-40(33)50-41)39-14-9-12-34-32-10-5-7-13-36(32)48(44(34)39)42-23-28-22-29-24-43(48)47(29,42)27-28/h5-19,25-26,28-29,42-43H,20-24,27H2,1-4H3. The van der Waals surface area contributed by atoms with Gasteiger partial charge in [0.15, 0.2) is 0 Å². The third-order valence-electron chi connectivity index (χ3n) is 15.6. The van der Waals surface area contributed by atoms with Gasteiger partial charge < -0.3 is 9.32 Å². The number of fused-ring (bicyclic) bond motifs is 12. The third kappa shape index (κ3) is 3.12. The van der Waals surface area contributed by atoms with Gasteiger partial charge in [0, 0.05) is 27.6 Å². The van der Waals surface area contributed by atoms with Crippen LogP contribution in [0.4, 0.5) is 17.1 Å². The van der Waals surface area contributed by atoms with Crippen molar-refractivity contribution in [2.75, 3.05) is 4.90 Å². The Morgan fingerprint density at radius 2 is 1.32 bits per heavy atom. The maximum absolute atomic E-state index is 6.37. The summed E-state index contributed by atoms with van der Waals surface area (Å²) in [7, 11) is 0. The highest BCUT2D eigenvalue weighted by Crippen LogP contribution is 2.90. The van der Waals surface area contributed by atoms with Gasteiger partial charge in [0.25, 0.3) is 0 Å². The van der Waals surface area contributed by atoms with Crippen LogP contribution in [-0.2, 0) is 16.2 Å². The molecule has 12 rings (SSSR count). The number of anilines is 3. The Kier molecular flexibility index (Phi) is 5.08. The van der Waals surface area contributed by atoms with Gasteiger partial charge in [-0.3, -0.25) is 0 Å². The molecular formula is C48H45NO. The molecule has 4 fully saturated rings. The zero-order valence-corrected chi connectivity index (χ0v) is 29.7. The Bertz CT molecular complexity index is 2460. The van der Waals surface area contributed by atoms with Crippen molar-refractivity contribution in [3.63, 3.8) is 0 Å². The van der Waals surface area contributed by atoms with Crippen LogP contribution in [0.3, 0.4) is 0 Å². The second kappa shape index (κ2) is 8.94. The predicted molar refractivity (Wildman–Crippen MR) is 205 cm³/mol. The lowest BCUT2D eigenvalue weighted by Gasteiger charge is -2.76. The number of benzene rings is 5. The van der Waals surface area contributed by atoms with Gasteiger partial charge in [-0.25, -0.2) is 0 Å². The first-order valence-electron chi connectivity index (χ1n) is 19.3. The molecule has 2 nitrogen and oxygen atoms in total. The average Bonchev–Trinajstić information content (AvgIpc) is 3.85. The molecule has 50 heavy (non-hydrogen) atoms. The van der Waals surface area contributed by atoms with Crippen molar-refractivity contribution in [1.82, 2.24) is 0 Å². The molecule has 6 unspecified atom stereocenters. The number of furan rings is 1. The van der Waals surface area contributed by atoms with Crippen molar-refractivity contribution in [3.05, 3.63) is 125 Å². The van der Waals surface area contributed by atoms with Crippen LogP contribution in [0.5, 0.6) is 0 Å². The fourth-order valence-electron chi connectivity index (χ4n) is 13.5. The summed E-state index contributed by atoms with van der Waals surface area (Å²) in [6.07, 6.45) is 8.22. The minimum atomic E-state index is 0.106. The zero-order chi connectivity index (χ0) is 33.4. The largest absolute Gasteiger partial charge is 0.456 e. The van der Waals surface area contributed by atoms with E-state index in [0.29, 0.717) is 5.41 Å². The van der Waals surface area contributed by atoms with Gasteiger partial charge in [-0.05, 0) is 154 Å². The number of hydrogen-bond donors (Lipinski definition) is 0. The Balaban J connectivity index is 1.14. The molecule has 6 aliphatic carbocycles. The van der Waals surface area contributed by atoms with Crippen LogP contribution in [0, 0.1) is 29.1 Å². The Hall–Kier alpha value is -4.30. The molecule has 0 amide bonds. The summed E-state index contributed by atoms with van der Waals surface area (Å²) in [5.41, 5.74) is 16.0. The molecule has 2 spiro atoms. The molecule has 1 heterocycles. The monoisotopic (exact) mass is 651 g/mol. The summed E-state index contributed by atoms with van der Waals surface area (Å²) in [4.78, 5) is 2.65. The van der Waals surface area contributed by atoms with Crippen LogP contribution in [0.15, 0.2) is 108 Å². The third-order valence-corrected chi connectivity index (χ3v) is 15.6. The highest BCUT2D eigenvalue weighted by molar-refractivity contribution is 6.07. The number of nitrogens with zero attached hydrogens (tertiary/aromatic N) is 1. The molecule has 0 aliphatic heterocycles. The Labute approximate surface area is 295 Å². The lowest BCUT2D eigenvalue weighted by atomic mass is 9.26. The van der Waals surface area contributed by atoms with Gasteiger partial charge in [-0.1, -0.05) is 88.4 Å². The van der Waals surface area contributed by atoms with E-state index < -0.39 is 0 Å². The highest BCUT2D eigenvalue weighted by atomic mass is 16.3. The summed E-state index contributed by atoms with van der Waals surface area (Å²) in [5, 5.41) is 2.37. The molecular weight excluding hydrogens is 607 g/mol. The van der Waals surface area contributed by atoms with Crippen LogP contribution >= 0.6 is 0 Å². The van der Waals surface area contributed by atoms with Crippen molar-refractivity contribution in [2.24, 2.45) is 29.1 Å². The normalized spacial score (nSPS) is 31.2. The van der Waals surface area contributed by atoms with Crippen LogP contribution in [0.25, 0.3) is 33.1 Å². The van der Waals surface area contributed by atoms with E-state index in [9.17, 15) is 0 Å². The van der Waals surface area contributed by atoms with Crippen LogP contribution in [-0.4, -0.2) is 0 Å². The van der Waals surface area contributed by atoms with Gasteiger partial charge in [-0.15, -0.1) is 0 Å². The van der Waals surface area contributed by atoms with Crippen molar-refractivity contribution < 1.29 is 4.42 Å². The van der Waals surface area contributed by atoms with E-state index in [1.165, 1.54) is 88.6 Å². The molecule has 6 aromatic rings. The number of rotatable bonds is 3. The first-order valence-corrected chi connectivity index (χ1v) is 19.3. The summed E-state index contributed by atoms with van der Waals surface area (Å²) < 4.78 is 6.37. The molecule has 0 N–H and O–H groups in total. The first-order chi connectivity index (χ1) is 24.2. The van der Waals surface area contributed by atoms with Crippen molar-refractivity contribution in [1.29, 1.82) is 0 Å². The molecule has 0 radical (unpaired) electrons. The molecule has 6 atom stereocenters. The van der Waals surface area contributed by atoms with E-state index in [4.69, 9.17) is 4.42 Å². The maximum Gasteiger partial charge on any atom is 0.135 e. The number of para-hydroxylation sites is 1. The van der Waals surface area contributed by atoms with E-state index in [0.717, 1.165) is 34.8 Å². The fraction of sp³-hybridized carbons (Fsp3) is 0.375. The van der Waals surface area contributed by atoms with Crippen molar-refractivity contribution in [2.45, 2.75) is 82.5 Å². The Morgan fingerprint density at radius 3 is 2.20 bits per heavy atom. The van der Waals surface area contributed by atoms with Gasteiger partial charge >= 0.3 is 0 Å². The molecule has 6 aliphatic rings. The SMILES string of the molecule is CC1(C)CCC(C)(C)c2cc(N(c3ccc4oc5ccccc5c4c3)c3cccc4c3C3(c5ccccc5-4)C4CC5CC6CC3C64C5)ccc21. The van der Waals surface area contributed by atoms with E-state index in [1.807, 2.05) is 0 Å². The minimum absolute atomic E-state index is 0.106. The quantitative estimate of drug-likeness (QED) is 0.189. The summed E-state index contributed by atoms with van der Waals surface area (Å²) >= 11 is 0. The van der Waals surface area contributed by atoms with Crippen LogP contribution in [0.2, 0.25) is 0 Å². The van der Waals surface area contributed by atoms with Crippen LogP contribution < -0.4 is 4.90 Å². The molecule has 248 valence electrons. The van der Waals surface area contributed by atoms with E-state index in [-0.39, 0.29) is 16.2 Å². The van der Waals surface area contributed by atoms with Gasteiger partial charge in [-0.2, -0.15) is 0 Å². The van der Waals surface area contributed by atoms with Crippen LogP contribution in [0.1, 0.15) is 88.5 Å². The fourth-order valence-corrected chi connectivity index (χ4v) is 13.5. The summed E-state index contributed by atoms with van der Waals surface area (Å²) in [6, 6.07) is 39.7. The molecule has 2 bridgehead atoms. The molecule has 5 aromatic carbocycles. The average molecular weight is 652 g/mol. The predicted octanol–water partition coefficient (Wildman–Crippen LogP) is 12.7. The Morgan fingerprint density at radius 1 is 0.600 bits per heavy atom. The summed E-state index contributed by atoms with van der Waals surface area (Å²) in [6.45, 7) is 9.80.